The van der Waals surface area contributed by atoms with Crippen LogP contribution in [0, 0.1) is 5.92 Å². The molecule has 6 rings (SSSR count). The van der Waals surface area contributed by atoms with Crippen molar-refractivity contribution < 1.29 is 67.1 Å². The third-order valence-corrected chi connectivity index (χ3v) is 13.9. The van der Waals surface area contributed by atoms with Crippen LogP contribution in [0.1, 0.15) is 105 Å². The molecule has 0 bridgehead atoms. The van der Waals surface area contributed by atoms with Gasteiger partial charge in [-0.2, -0.15) is 5.10 Å². The SMILES string of the molecule is COCCOCCOCCOCCOCCOCCC(=O)NCCCC[C@H](CC(=O)CNC(=O)CCC(=O)O)C(=O)NCCCCCCN1N=C(c2ccc(NC(=O)N3Cc4ccncc4C3)cc2)CC(c2cccc3ncccc23)C1=O. The molecule has 2 aliphatic rings. The maximum atomic E-state index is 14.3. The number of anilines is 1. The summed E-state index contributed by atoms with van der Waals surface area (Å²) >= 11 is 0. The lowest BCUT2D eigenvalue weighted by Gasteiger charge is -2.30. The van der Waals surface area contributed by atoms with Crippen LogP contribution in [0.25, 0.3) is 10.9 Å². The van der Waals surface area contributed by atoms with Crippen LogP contribution in [0.5, 0.6) is 0 Å². The lowest BCUT2D eigenvalue weighted by Crippen LogP contribution is -2.38. The number of amides is 6. The van der Waals surface area contributed by atoms with Crippen molar-refractivity contribution in [3.63, 3.8) is 0 Å². The number of aromatic nitrogens is 2. The van der Waals surface area contributed by atoms with E-state index in [1.807, 2.05) is 60.7 Å². The standard InChI is InChI=1S/C60H81N9O14/c1-78-28-29-80-32-33-82-36-37-83-35-34-81-31-30-79-27-21-56(72)63-22-6-4-10-45(38-49(70)41-65-55(71)18-19-57(73)74)58(75)64-23-5-2-3-7-26-69-59(76)52(50-11-8-13-53-51(50)12-9-24-62-53)39-54(67-69)44-14-16-48(17-15-44)66-60(77)68-42-46-20-25-61-40-47(46)43-68/h8-9,11-17,20,24-25,40,45,52H,2-7,10,18-19,21-23,26-39,41-43H2,1H3,(H,63,72)(H,64,75)(H,65,71)(H,66,77)(H,73,74)/t45-,52?/m1/s1. The number of rotatable bonds is 41. The van der Waals surface area contributed by atoms with Crippen LogP contribution in [0.15, 0.2) is 84.4 Å². The number of nitrogens with one attached hydrogen (secondary N) is 4. The summed E-state index contributed by atoms with van der Waals surface area (Å²) in [4.78, 5) is 100.0. The zero-order valence-corrected chi connectivity index (χ0v) is 47.7. The van der Waals surface area contributed by atoms with Crippen molar-refractivity contribution in [3.05, 3.63) is 102 Å². The van der Waals surface area contributed by atoms with Gasteiger partial charge >= 0.3 is 12.0 Å². The molecule has 0 saturated carbocycles. The van der Waals surface area contributed by atoms with Crippen LogP contribution in [0.4, 0.5) is 10.5 Å². The van der Waals surface area contributed by atoms with E-state index in [2.05, 4.69) is 31.2 Å². The molecule has 2 atom stereocenters. The topological polar surface area (TPSA) is 288 Å². The van der Waals surface area contributed by atoms with E-state index in [0.717, 1.165) is 51.7 Å². The lowest BCUT2D eigenvalue weighted by atomic mass is 9.86. The van der Waals surface area contributed by atoms with Crippen molar-refractivity contribution in [1.29, 1.82) is 0 Å². The molecule has 6 amide bonds. The van der Waals surface area contributed by atoms with E-state index in [1.165, 1.54) is 0 Å². The predicted molar refractivity (Wildman–Crippen MR) is 308 cm³/mol. The van der Waals surface area contributed by atoms with E-state index in [-0.39, 0.29) is 68.4 Å². The molecule has 4 aromatic rings. The Morgan fingerprint density at radius 3 is 2.05 bits per heavy atom. The lowest BCUT2D eigenvalue weighted by molar-refractivity contribution is -0.139. The fraction of sp³-hybridized carbons (Fsp3) is 0.533. The summed E-state index contributed by atoms with van der Waals surface area (Å²) in [7, 11) is 1.62. The fourth-order valence-electron chi connectivity index (χ4n) is 9.41. The van der Waals surface area contributed by atoms with Crippen molar-refractivity contribution in [2.24, 2.45) is 11.0 Å². The number of carboxylic acid groups (broad SMARTS) is 1. The molecule has 0 aliphatic carbocycles. The van der Waals surface area contributed by atoms with Crippen LogP contribution in [-0.4, -0.2) is 178 Å². The van der Waals surface area contributed by atoms with Gasteiger partial charge in [0.15, 0.2) is 5.78 Å². The van der Waals surface area contributed by atoms with Gasteiger partial charge in [0.2, 0.25) is 17.7 Å². The summed E-state index contributed by atoms with van der Waals surface area (Å²) < 4.78 is 32.2. The number of Topliss-reactive ketones (excluding diaryl/α,β-unsaturated/α-hetero) is 1. The largest absolute Gasteiger partial charge is 0.481 e. The van der Waals surface area contributed by atoms with E-state index in [0.29, 0.717) is 143 Å². The minimum Gasteiger partial charge on any atom is -0.481 e. The molecule has 23 nitrogen and oxygen atoms in total. The first-order valence-corrected chi connectivity index (χ1v) is 28.7. The van der Waals surface area contributed by atoms with Crippen LogP contribution in [0.3, 0.4) is 0 Å². The first-order valence-electron chi connectivity index (χ1n) is 28.7. The second-order valence-corrected chi connectivity index (χ2v) is 20.2. The Balaban J connectivity index is 0.908. The van der Waals surface area contributed by atoms with Gasteiger partial charge in [-0.3, -0.25) is 38.7 Å². The molecule has 0 radical (unpaired) electrons. The number of unbranched alkanes of at least 4 members (excludes halogenated alkanes) is 4. The number of benzene rings is 2. The van der Waals surface area contributed by atoms with Crippen molar-refractivity contribution in [2.45, 2.75) is 96.1 Å². The smallest absolute Gasteiger partial charge is 0.322 e. The molecule has 5 N–H and O–H groups in total. The number of hydrogen-bond acceptors (Lipinski definition) is 16. The number of methoxy groups -OCH3 is 1. The maximum Gasteiger partial charge on any atom is 0.322 e. The summed E-state index contributed by atoms with van der Waals surface area (Å²) in [6.45, 7) is 6.50. The van der Waals surface area contributed by atoms with Crippen LogP contribution in [-0.2, 0) is 70.3 Å². The quantitative estimate of drug-likeness (QED) is 0.0341. The average molecular weight is 1150 g/mol. The number of carbonyl (C=O) groups excluding carboxylic acids is 6. The van der Waals surface area contributed by atoms with E-state index in [1.54, 1.807) is 35.6 Å². The number of aliphatic carboxylic acids is 1. The van der Waals surface area contributed by atoms with Crippen molar-refractivity contribution in [1.82, 2.24) is 35.8 Å². The Morgan fingerprint density at radius 2 is 1.34 bits per heavy atom. The van der Waals surface area contributed by atoms with Crippen LogP contribution < -0.4 is 21.3 Å². The van der Waals surface area contributed by atoms with E-state index in [4.69, 9.17) is 38.6 Å². The van der Waals surface area contributed by atoms with Gasteiger partial charge in [0, 0.05) is 101 Å². The van der Waals surface area contributed by atoms with Gasteiger partial charge in [-0.05, 0) is 78.3 Å². The molecule has 2 aromatic heterocycles. The summed E-state index contributed by atoms with van der Waals surface area (Å²) in [6, 6.07) is 18.9. The van der Waals surface area contributed by atoms with Gasteiger partial charge in [-0.1, -0.05) is 49.6 Å². The Hall–Kier alpha value is -7.28. The molecule has 2 aliphatic heterocycles. The van der Waals surface area contributed by atoms with Gasteiger partial charge in [-0.25, -0.2) is 9.80 Å². The van der Waals surface area contributed by atoms with Gasteiger partial charge in [0.1, 0.15) is 0 Å². The van der Waals surface area contributed by atoms with Crippen molar-refractivity contribution in [2.75, 3.05) is 111 Å². The summed E-state index contributed by atoms with van der Waals surface area (Å²) in [5, 5.41) is 27.6. The van der Waals surface area contributed by atoms with Gasteiger partial charge < -0.3 is 59.7 Å². The monoisotopic (exact) mass is 1150 g/mol. The zero-order chi connectivity index (χ0) is 58.9. The van der Waals surface area contributed by atoms with E-state index in [9.17, 15) is 33.6 Å². The van der Waals surface area contributed by atoms with E-state index >= 15 is 0 Å². The second kappa shape index (κ2) is 37.0. The fourth-order valence-corrected chi connectivity index (χ4v) is 9.41. The number of ketones is 1. The molecule has 2 aromatic carbocycles. The number of hydrogen-bond donors (Lipinski definition) is 5. The number of fused-ring (bicyclic) bond motifs is 2. The summed E-state index contributed by atoms with van der Waals surface area (Å²) in [5.74, 6) is -3.83. The Labute approximate surface area is 484 Å². The van der Waals surface area contributed by atoms with Crippen molar-refractivity contribution >= 4 is 63.7 Å². The minimum absolute atomic E-state index is 0.109. The first kappa shape index (κ1) is 64.9. The third kappa shape index (κ3) is 23.5. The number of hydrazone groups is 1. The Bertz CT molecular complexity index is 2700. The van der Waals surface area contributed by atoms with Crippen molar-refractivity contribution in [3.8, 4) is 0 Å². The highest BCUT2D eigenvalue weighted by Gasteiger charge is 2.34. The summed E-state index contributed by atoms with van der Waals surface area (Å²) in [6.07, 6.45) is 9.29. The number of urea groups is 1. The molecule has 0 fully saturated rings. The highest BCUT2D eigenvalue weighted by molar-refractivity contribution is 6.07. The second-order valence-electron chi connectivity index (χ2n) is 20.2. The molecule has 83 heavy (non-hydrogen) atoms. The van der Waals surface area contributed by atoms with E-state index < -0.39 is 23.7 Å². The number of pyridine rings is 2. The zero-order valence-electron chi connectivity index (χ0n) is 47.7. The number of nitrogens with zero attached hydrogens (tertiary/aromatic N) is 5. The number of carbonyl (C=O) groups is 7. The van der Waals surface area contributed by atoms with Crippen LogP contribution in [0.2, 0.25) is 0 Å². The molecule has 4 heterocycles. The molecular weight excluding hydrogens is 1070 g/mol. The average Bonchev–Trinajstić information content (AvgIpc) is 4.13. The predicted octanol–water partition coefficient (Wildman–Crippen LogP) is 5.54. The Morgan fingerprint density at radius 1 is 0.675 bits per heavy atom. The van der Waals surface area contributed by atoms with Crippen LogP contribution >= 0.6 is 0 Å². The van der Waals surface area contributed by atoms with Gasteiger partial charge in [-0.15, -0.1) is 0 Å². The highest BCUT2D eigenvalue weighted by atomic mass is 16.6. The maximum absolute atomic E-state index is 14.3. The third-order valence-electron chi connectivity index (χ3n) is 13.9. The summed E-state index contributed by atoms with van der Waals surface area (Å²) in [5.41, 5.74) is 5.98. The number of ether oxygens (including phenoxy) is 6. The first-order chi connectivity index (χ1) is 40.5. The normalized spacial score (nSPS) is 14.3. The number of carboxylic acids is 1. The molecule has 450 valence electrons. The molecule has 0 spiro atoms. The molecule has 1 unspecified atom stereocenters. The molecular formula is C60H81N9O14. The van der Waals surface area contributed by atoms with Gasteiger partial charge in [0.05, 0.1) is 103 Å². The minimum atomic E-state index is -1.13. The van der Waals surface area contributed by atoms with Gasteiger partial charge in [0.25, 0.3) is 5.91 Å². The highest BCUT2D eigenvalue weighted by Crippen LogP contribution is 2.34. The Kier molecular flexibility index (Phi) is 28.9. The molecule has 23 heteroatoms. The molecule has 0 saturated heterocycles.